The summed E-state index contributed by atoms with van der Waals surface area (Å²) in [6.45, 7) is 6.45. The van der Waals surface area contributed by atoms with Crippen molar-refractivity contribution in [3.05, 3.63) is 22.9 Å². The summed E-state index contributed by atoms with van der Waals surface area (Å²) < 4.78 is 0. The van der Waals surface area contributed by atoms with E-state index < -0.39 is 0 Å². The molecule has 1 heterocycles. The molecule has 2 N–H and O–H groups in total. The Balaban J connectivity index is 2.36. The SMILES string of the molecule is CC(=O)NC1=CC2=C(CC1)C(C)(C)CNC2=O. The molecule has 4 heteroatoms. The van der Waals surface area contributed by atoms with Crippen LogP contribution in [0, 0.1) is 5.41 Å². The molecule has 0 fully saturated rings. The van der Waals surface area contributed by atoms with Crippen molar-refractivity contribution in [2.24, 2.45) is 5.41 Å². The minimum Gasteiger partial charge on any atom is -0.351 e. The number of rotatable bonds is 1. The molecule has 0 saturated heterocycles. The number of allylic oxidation sites excluding steroid dienone is 1. The van der Waals surface area contributed by atoms with Crippen LogP contribution in [0.15, 0.2) is 22.9 Å². The number of nitrogens with one attached hydrogen (secondary N) is 2. The number of carbonyl (C=O) groups is 2. The van der Waals surface area contributed by atoms with Gasteiger partial charge in [-0.05, 0) is 24.5 Å². The zero-order chi connectivity index (χ0) is 12.6. The Bertz CT molecular complexity index is 444. The van der Waals surface area contributed by atoms with Crippen LogP contribution in [0.1, 0.15) is 33.6 Å². The van der Waals surface area contributed by atoms with Gasteiger partial charge in [-0.1, -0.05) is 13.8 Å². The van der Waals surface area contributed by atoms with Crippen LogP contribution >= 0.6 is 0 Å². The maximum absolute atomic E-state index is 11.8. The van der Waals surface area contributed by atoms with E-state index in [0.29, 0.717) is 6.54 Å². The van der Waals surface area contributed by atoms with E-state index in [-0.39, 0.29) is 17.2 Å². The van der Waals surface area contributed by atoms with E-state index >= 15 is 0 Å². The summed E-state index contributed by atoms with van der Waals surface area (Å²) in [5.74, 6) is -0.113. The fourth-order valence-electron chi connectivity index (χ4n) is 2.46. The first-order valence-electron chi connectivity index (χ1n) is 5.90. The molecule has 0 spiro atoms. The molecule has 2 rings (SSSR count). The second-order valence-electron chi connectivity index (χ2n) is 5.31. The molecule has 2 amide bonds. The van der Waals surface area contributed by atoms with Crippen LogP contribution in [0.25, 0.3) is 0 Å². The molecular weight excluding hydrogens is 216 g/mol. The monoisotopic (exact) mass is 234 g/mol. The average molecular weight is 234 g/mol. The van der Waals surface area contributed by atoms with Crippen molar-refractivity contribution in [2.45, 2.75) is 33.6 Å². The zero-order valence-electron chi connectivity index (χ0n) is 10.5. The lowest BCUT2D eigenvalue weighted by Gasteiger charge is -2.36. The van der Waals surface area contributed by atoms with Gasteiger partial charge in [0.25, 0.3) is 5.91 Å². The number of hydrogen-bond donors (Lipinski definition) is 2. The first-order chi connectivity index (χ1) is 7.90. The van der Waals surface area contributed by atoms with Crippen molar-refractivity contribution in [3.8, 4) is 0 Å². The molecule has 1 aliphatic heterocycles. The highest BCUT2D eigenvalue weighted by Gasteiger charge is 2.34. The largest absolute Gasteiger partial charge is 0.351 e. The third-order valence-electron chi connectivity index (χ3n) is 3.38. The van der Waals surface area contributed by atoms with Crippen molar-refractivity contribution in [1.82, 2.24) is 10.6 Å². The van der Waals surface area contributed by atoms with E-state index in [1.54, 1.807) is 0 Å². The smallest absolute Gasteiger partial charge is 0.251 e. The normalized spacial score (nSPS) is 22.5. The molecule has 0 atom stereocenters. The van der Waals surface area contributed by atoms with Crippen LogP contribution in [0.2, 0.25) is 0 Å². The molecule has 4 nitrogen and oxygen atoms in total. The quantitative estimate of drug-likeness (QED) is 0.717. The second kappa shape index (κ2) is 4.02. The van der Waals surface area contributed by atoms with Crippen molar-refractivity contribution in [3.63, 3.8) is 0 Å². The number of amides is 2. The lowest BCUT2D eigenvalue weighted by molar-refractivity contribution is -0.119. The lowest BCUT2D eigenvalue weighted by atomic mass is 9.74. The predicted molar refractivity (Wildman–Crippen MR) is 65.0 cm³/mol. The molecule has 92 valence electrons. The fourth-order valence-corrected chi connectivity index (χ4v) is 2.46. The summed E-state index contributed by atoms with van der Waals surface area (Å²) in [7, 11) is 0. The molecule has 0 aromatic rings. The first kappa shape index (κ1) is 11.9. The van der Waals surface area contributed by atoms with Gasteiger partial charge < -0.3 is 10.6 Å². The summed E-state index contributed by atoms with van der Waals surface area (Å²) in [5.41, 5.74) is 2.79. The molecule has 0 radical (unpaired) electrons. The van der Waals surface area contributed by atoms with Gasteiger partial charge in [0.2, 0.25) is 5.91 Å². The maximum atomic E-state index is 11.8. The van der Waals surface area contributed by atoms with E-state index in [9.17, 15) is 9.59 Å². The topological polar surface area (TPSA) is 58.2 Å². The van der Waals surface area contributed by atoms with Crippen LogP contribution in [0.3, 0.4) is 0 Å². The summed E-state index contributed by atoms with van der Waals surface area (Å²) in [6, 6.07) is 0. The highest BCUT2D eigenvalue weighted by Crippen LogP contribution is 2.38. The summed E-state index contributed by atoms with van der Waals surface area (Å²) in [4.78, 5) is 22.8. The molecular formula is C13H18N2O2. The Morgan fingerprint density at radius 3 is 2.76 bits per heavy atom. The molecule has 2 aliphatic rings. The summed E-state index contributed by atoms with van der Waals surface area (Å²) >= 11 is 0. The number of hydrogen-bond acceptors (Lipinski definition) is 2. The van der Waals surface area contributed by atoms with Crippen molar-refractivity contribution >= 4 is 11.8 Å². The minimum atomic E-state index is -0.0872. The summed E-state index contributed by atoms with van der Waals surface area (Å²) in [5, 5.41) is 5.66. The van der Waals surface area contributed by atoms with Gasteiger partial charge in [0.05, 0.1) is 0 Å². The summed E-state index contributed by atoms with van der Waals surface area (Å²) in [6.07, 6.45) is 3.47. The third-order valence-corrected chi connectivity index (χ3v) is 3.38. The Kier molecular flexibility index (Phi) is 2.81. The Hall–Kier alpha value is -1.58. The third kappa shape index (κ3) is 2.25. The first-order valence-corrected chi connectivity index (χ1v) is 5.90. The predicted octanol–water partition coefficient (Wildman–Crippen LogP) is 1.25. The second-order valence-corrected chi connectivity index (χ2v) is 5.31. The highest BCUT2D eigenvalue weighted by molar-refractivity contribution is 5.98. The van der Waals surface area contributed by atoms with Crippen LogP contribution in [-0.2, 0) is 9.59 Å². The average Bonchev–Trinajstić information content (AvgIpc) is 2.23. The van der Waals surface area contributed by atoms with Gasteiger partial charge in [0.15, 0.2) is 0 Å². The van der Waals surface area contributed by atoms with Crippen LogP contribution < -0.4 is 10.6 Å². The van der Waals surface area contributed by atoms with E-state index in [1.165, 1.54) is 12.5 Å². The molecule has 1 aliphatic carbocycles. The van der Waals surface area contributed by atoms with Crippen LogP contribution in [-0.4, -0.2) is 18.4 Å². The Morgan fingerprint density at radius 2 is 2.12 bits per heavy atom. The van der Waals surface area contributed by atoms with E-state index in [4.69, 9.17) is 0 Å². The molecule has 0 unspecified atom stereocenters. The molecule has 0 aromatic heterocycles. The minimum absolute atomic E-state index is 0.0154. The standard InChI is InChI=1S/C13H18N2O2/c1-8(16)15-9-4-5-11-10(6-9)12(17)14-7-13(11,2)3/h6H,4-5,7H2,1-3H3,(H,14,17)(H,15,16). The van der Waals surface area contributed by atoms with Crippen LogP contribution in [0.5, 0.6) is 0 Å². The molecule has 17 heavy (non-hydrogen) atoms. The van der Waals surface area contributed by atoms with Gasteiger partial charge in [-0.25, -0.2) is 0 Å². The Morgan fingerprint density at radius 1 is 1.41 bits per heavy atom. The van der Waals surface area contributed by atoms with Gasteiger partial charge in [-0.2, -0.15) is 0 Å². The van der Waals surface area contributed by atoms with Gasteiger partial charge in [0, 0.05) is 30.2 Å². The fraction of sp³-hybridized carbons (Fsp3) is 0.538. The van der Waals surface area contributed by atoms with Crippen molar-refractivity contribution in [1.29, 1.82) is 0 Å². The van der Waals surface area contributed by atoms with E-state index in [1.807, 2.05) is 6.08 Å². The van der Waals surface area contributed by atoms with Crippen molar-refractivity contribution in [2.75, 3.05) is 6.54 Å². The highest BCUT2D eigenvalue weighted by atomic mass is 16.2. The van der Waals surface area contributed by atoms with E-state index in [2.05, 4.69) is 24.5 Å². The Labute approximate surface area is 101 Å². The van der Waals surface area contributed by atoms with Gasteiger partial charge in [-0.3, -0.25) is 9.59 Å². The molecule has 0 aromatic carbocycles. The van der Waals surface area contributed by atoms with Gasteiger partial charge >= 0.3 is 0 Å². The lowest BCUT2D eigenvalue weighted by Crippen LogP contribution is -2.43. The molecule has 0 saturated carbocycles. The maximum Gasteiger partial charge on any atom is 0.251 e. The molecule has 0 bridgehead atoms. The van der Waals surface area contributed by atoms with E-state index in [0.717, 1.165) is 24.1 Å². The number of carbonyl (C=O) groups excluding carboxylic acids is 2. The zero-order valence-corrected chi connectivity index (χ0v) is 10.5. The van der Waals surface area contributed by atoms with Crippen molar-refractivity contribution < 1.29 is 9.59 Å². The van der Waals surface area contributed by atoms with Crippen LogP contribution in [0.4, 0.5) is 0 Å². The van der Waals surface area contributed by atoms with Gasteiger partial charge in [-0.15, -0.1) is 0 Å². The van der Waals surface area contributed by atoms with Gasteiger partial charge in [0.1, 0.15) is 0 Å².